The summed E-state index contributed by atoms with van der Waals surface area (Å²) >= 11 is 0. The molecule has 0 saturated heterocycles. The van der Waals surface area contributed by atoms with Crippen molar-refractivity contribution >= 4 is 10.8 Å². The zero-order valence-electron chi connectivity index (χ0n) is 10.3. The van der Waals surface area contributed by atoms with E-state index in [1.54, 1.807) is 29.9 Å². The fourth-order valence-electron chi connectivity index (χ4n) is 2.11. The number of aryl methyl sites for hydroxylation is 1. The fraction of sp³-hybridized carbons (Fsp3) is 0.0667. The van der Waals surface area contributed by atoms with E-state index in [4.69, 9.17) is 5.26 Å². The van der Waals surface area contributed by atoms with Gasteiger partial charge in [0.1, 0.15) is 17.5 Å². The third-order valence-electron chi connectivity index (χ3n) is 3.11. The van der Waals surface area contributed by atoms with Gasteiger partial charge in [-0.15, -0.1) is 0 Å². The number of rotatable bonds is 1. The summed E-state index contributed by atoms with van der Waals surface area (Å²) in [6.45, 7) is 0. The summed E-state index contributed by atoms with van der Waals surface area (Å²) in [5.41, 5.74) is 2.25. The minimum Gasteiger partial charge on any atom is -0.508 e. The van der Waals surface area contributed by atoms with Crippen LogP contribution in [0.5, 0.6) is 5.75 Å². The van der Waals surface area contributed by atoms with Crippen LogP contribution >= 0.6 is 0 Å². The first-order valence-corrected chi connectivity index (χ1v) is 5.85. The van der Waals surface area contributed by atoms with E-state index in [0.29, 0.717) is 5.69 Å². The van der Waals surface area contributed by atoms with E-state index in [1.165, 1.54) is 0 Å². The first-order valence-electron chi connectivity index (χ1n) is 5.85. The standard InChI is InChI=1S/C15H11N3O/c1-18-13(9-16)8-15(17-18)12-3-2-11-7-14(19)5-4-10(11)6-12/h2-8,19H,1H3. The second-order valence-electron chi connectivity index (χ2n) is 4.40. The molecule has 19 heavy (non-hydrogen) atoms. The van der Waals surface area contributed by atoms with Crippen LogP contribution in [0.1, 0.15) is 5.69 Å². The van der Waals surface area contributed by atoms with Gasteiger partial charge in [0.15, 0.2) is 0 Å². The molecule has 1 heterocycles. The predicted molar refractivity (Wildman–Crippen MR) is 72.5 cm³/mol. The molecule has 4 heteroatoms. The molecule has 3 aromatic rings. The molecule has 0 saturated carbocycles. The number of aromatic nitrogens is 2. The Hall–Kier alpha value is -2.80. The van der Waals surface area contributed by atoms with E-state index in [-0.39, 0.29) is 5.75 Å². The van der Waals surface area contributed by atoms with Gasteiger partial charge in [-0.05, 0) is 29.0 Å². The highest BCUT2D eigenvalue weighted by Crippen LogP contribution is 2.26. The molecule has 0 fully saturated rings. The maximum atomic E-state index is 9.44. The molecule has 0 amide bonds. The van der Waals surface area contributed by atoms with Gasteiger partial charge in [0.25, 0.3) is 0 Å². The van der Waals surface area contributed by atoms with Gasteiger partial charge in [0.2, 0.25) is 0 Å². The molecule has 1 aromatic heterocycles. The first-order chi connectivity index (χ1) is 9.17. The molecule has 0 spiro atoms. The van der Waals surface area contributed by atoms with Crippen molar-refractivity contribution in [2.24, 2.45) is 7.05 Å². The van der Waals surface area contributed by atoms with E-state index in [9.17, 15) is 5.11 Å². The Bertz CT molecular complexity index is 812. The number of fused-ring (bicyclic) bond motifs is 1. The van der Waals surface area contributed by atoms with Crippen molar-refractivity contribution in [1.29, 1.82) is 5.26 Å². The Balaban J connectivity index is 2.15. The Morgan fingerprint density at radius 3 is 2.58 bits per heavy atom. The lowest BCUT2D eigenvalue weighted by atomic mass is 10.0. The zero-order chi connectivity index (χ0) is 13.4. The molecule has 0 unspecified atom stereocenters. The highest BCUT2D eigenvalue weighted by molar-refractivity contribution is 5.87. The van der Waals surface area contributed by atoms with Crippen LogP contribution in [0, 0.1) is 11.3 Å². The average molecular weight is 249 g/mol. The third kappa shape index (κ3) is 1.91. The van der Waals surface area contributed by atoms with Gasteiger partial charge in [-0.3, -0.25) is 4.68 Å². The average Bonchev–Trinajstić information content (AvgIpc) is 2.79. The Labute approximate surface area is 110 Å². The lowest BCUT2D eigenvalue weighted by molar-refractivity contribution is 0.476. The van der Waals surface area contributed by atoms with Crippen molar-refractivity contribution in [2.75, 3.05) is 0 Å². The minimum atomic E-state index is 0.254. The maximum Gasteiger partial charge on any atom is 0.138 e. The number of hydrogen-bond donors (Lipinski definition) is 1. The smallest absolute Gasteiger partial charge is 0.138 e. The molecule has 2 aromatic carbocycles. The monoisotopic (exact) mass is 249 g/mol. The van der Waals surface area contributed by atoms with Crippen LogP contribution in [-0.2, 0) is 7.05 Å². The van der Waals surface area contributed by atoms with Gasteiger partial charge in [-0.1, -0.05) is 18.2 Å². The molecule has 3 rings (SSSR count). The molecule has 92 valence electrons. The SMILES string of the molecule is Cn1nc(-c2ccc3cc(O)ccc3c2)cc1C#N. The van der Waals surface area contributed by atoms with Crippen LogP contribution in [0.3, 0.4) is 0 Å². The van der Waals surface area contributed by atoms with Gasteiger partial charge < -0.3 is 5.11 Å². The van der Waals surface area contributed by atoms with E-state index >= 15 is 0 Å². The second kappa shape index (κ2) is 4.14. The topological polar surface area (TPSA) is 61.8 Å². The first kappa shape index (κ1) is 11.3. The van der Waals surface area contributed by atoms with E-state index in [0.717, 1.165) is 22.0 Å². The van der Waals surface area contributed by atoms with Crippen molar-refractivity contribution in [3.8, 4) is 23.1 Å². The van der Waals surface area contributed by atoms with Crippen LogP contribution in [0.15, 0.2) is 42.5 Å². The van der Waals surface area contributed by atoms with Gasteiger partial charge in [0, 0.05) is 18.7 Å². The minimum absolute atomic E-state index is 0.254. The molecular weight excluding hydrogens is 238 g/mol. The number of aromatic hydroxyl groups is 1. The normalized spacial score (nSPS) is 10.5. The molecule has 1 N–H and O–H groups in total. The molecule has 0 radical (unpaired) electrons. The van der Waals surface area contributed by atoms with Gasteiger partial charge in [-0.2, -0.15) is 10.4 Å². The van der Waals surface area contributed by atoms with Crippen molar-refractivity contribution in [2.45, 2.75) is 0 Å². The number of nitrogens with zero attached hydrogens (tertiary/aromatic N) is 3. The van der Waals surface area contributed by atoms with Crippen LogP contribution in [0.2, 0.25) is 0 Å². The van der Waals surface area contributed by atoms with Crippen LogP contribution in [0.25, 0.3) is 22.0 Å². The summed E-state index contributed by atoms with van der Waals surface area (Å²) < 4.78 is 1.57. The highest BCUT2D eigenvalue weighted by Gasteiger charge is 2.07. The lowest BCUT2D eigenvalue weighted by Crippen LogP contribution is -1.93. The zero-order valence-corrected chi connectivity index (χ0v) is 10.3. The number of phenolic OH excluding ortho intramolecular Hbond substituents is 1. The Morgan fingerprint density at radius 2 is 1.84 bits per heavy atom. The van der Waals surface area contributed by atoms with E-state index in [1.807, 2.05) is 24.3 Å². The van der Waals surface area contributed by atoms with Gasteiger partial charge in [0.05, 0.1) is 5.69 Å². The molecule has 0 aliphatic rings. The molecule has 4 nitrogen and oxygen atoms in total. The predicted octanol–water partition coefficient (Wildman–Crippen LogP) is 2.82. The molecule has 0 atom stereocenters. The summed E-state index contributed by atoms with van der Waals surface area (Å²) in [5.74, 6) is 0.254. The molecule has 0 bridgehead atoms. The largest absolute Gasteiger partial charge is 0.508 e. The van der Waals surface area contributed by atoms with Crippen molar-refractivity contribution in [3.05, 3.63) is 48.2 Å². The van der Waals surface area contributed by atoms with E-state index < -0.39 is 0 Å². The van der Waals surface area contributed by atoms with Crippen LogP contribution in [0.4, 0.5) is 0 Å². The molecule has 0 aliphatic carbocycles. The molecule has 0 aliphatic heterocycles. The summed E-state index contributed by atoms with van der Waals surface area (Å²) in [6, 6.07) is 15.0. The summed E-state index contributed by atoms with van der Waals surface area (Å²) in [4.78, 5) is 0. The lowest BCUT2D eigenvalue weighted by Gasteiger charge is -2.01. The van der Waals surface area contributed by atoms with Gasteiger partial charge >= 0.3 is 0 Å². The number of benzene rings is 2. The Morgan fingerprint density at radius 1 is 1.11 bits per heavy atom. The van der Waals surface area contributed by atoms with E-state index in [2.05, 4.69) is 11.2 Å². The summed E-state index contributed by atoms with van der Waals surface area (Å²) in [6.07, 6.45) is 0. The Kier molecular flexibility index (Phi) is 2.46. The fourth-order valence-corrected chi connectivity index (χ4v) is 2.11. The summed E-state index contributed by atoms with van der Waals surface area (Å²) in [7, 11) is 1.75. The number of hydrogen-bond acceptors (Lipinski definition) is 3. The van der Waals surface area contributed by atoms with Crippen LogP contribution < -0.4 is 0 Å². The van der Waals surface area contributed by atoms with Gasteiger partial charge in [-0.25, -0.2) is 0 Å². The molecular formula is C15H11N3O. The van der Waals surface area contributed by atoms with Crippen LogP contribution in [-0.4, -0.2) is 14.9 Å². The van der Waals surface area contributed by atoms with Crippen molar-refractivity contribution < 1.29 is 5.11 Å². The number of nitriles is 1. The number of phenols is 1. The van der Waals surface area contributed by atoms with Crippen molar-refractivity contribution in [1.82, 2.24) is 9.78 Å². The maximum absolute atomic E-state index is 9.44. The van der Waals surface area contributed by atoms with Crippen molar-refractivity contribution in [3.63, 3.8) is 0 Å². The summed E-state index contributed by atoms with van der Waals surface area (Å²) in [5, 5.41) is 24.7. The quantitative estimate of drug-likeness (QED) is 0.721. The second-order valence-corrected chi connectivity index (χ2v) is 4.40. The third-order valence-corrected chi connectivity index (χ3v) is 3.11. The highest BCUT2D eigenvalue weighted by atomic mass is 16.3.